The van der Waals surface area contributed by atoms with E-state index in [0.29, 0.717) is 23.8 Å². The molecule has 1 heterocycles. The topological polar surface area (TPSA) is 57.3 Å². The number of carbonyl (C=O) groups is 1. The van der Waals surface area contributed by atoms with Crippen LogP contribution in [0.3, 0.4) is 0 Å². The maximum atomic E-state index is 12.4. The van der Waals surface area contributed by atoms with Crippen LogP contribution in [0.5, 0.6) is 0 Å². The molecule has 1 aliphatic carbocycles. The summed E-state index contributed by atoms with van der Waals surface area (Å²) in [7, 11) is 0. The van der Waals surface area contributed by atoms with E-state index in [4.69, 9.17) is 5.26 Å². The fourth-order valence-corrected chi connectivity index (χ4v) is 4.18. The van der Waals surface area contributed by atoms with Gasteiger partial charge in [-0.15, -0.1) is 0 Å². The Balaban J connectivity index is 1.62. The Kier molecular flexibility index (Phi) is 4.74. The quantitative estimate of drug-likeness (QED) is 0.893. The van der Waals surface area contributed by atoms with Crippen molar-refractivity contribution in [1.82, 2.24) is 0 Å². The molecule has 2 N–H and O–H groups in total. The van der Waals surface area contributed by atoms with Crippen molar-refractivity contribution in [2.75, 3.05) is 18.4 Å². The van der Waals surface area contributed by atoms with Gasteiger partial charge in [0, 0.05) is 5.92 Å². The molecule has 4 nitrogen and oxygen atoms in total. The van der Waals surface area contributed by atoms with Gasteiger partial charge in [-0.1, -0.05) is 18.6 Å². The Morgan fingerprint density at radius 3 is 2.86 bits per heavy atom. The van der Waals surface area contributed by atoms with Gasteiger partial charge >= 0.3 is 0 Å². The molecule has 1 amide bonds. The number of nitrogens with zero attached hydrogens (tertiary/aromatic N) is 1. The van der Waals surface area contributed by atoms with Crippen LogP contribution >= 0.6 is 0 Å². The third kappa shape index (κ3) is 3.31. The number of piperidine rings is 1. The maximum absolute atomic E-state index is 12.4. The van der Waals surface area contributed by atoms with E-state index in [1.165, 1.54) is 43.4 Å². The van der Waals surface area contributed by atoms with Gasteiger partial charge in [0.25, 0.3) is 5.91 Å². The van der Waals surface area contributed by atoms with Crippen LogP contribution in [0, 0.1) is 17.2 Å². The average Bonchev–Trinajstić information content (AvgIpc) is 2.55. The molecule has 2 aliphatic rings. The van der Waals surface area contributed by atoms with E-state index in [-0.39, 0.29) is 5.91 Å². The summed E-state index contributed by atoms with van der Waals surface area (Å²) in [5.41, 5.74) is 1.16. The molecule has 1 aromatic rings. The molecular formula is C18H24N3O+. The van der Waals surface area contributed by atoms with Gasteiger partial charge in [0.05, 0.1) is 23.8 Å². The molecule has 1 unspecified atom stereocenters. The summed E-state index contributed by atoms with van der Waals surface area (Å²) in [6.45, 7) is 1.63. The number of nitrogens with one attached hydrogen (secondary N) is 2. The van der Waals surface area contributed by atoms with Gasteiger partial charge in [-0.05, 0) is 44.2 Å². The Bertz CT molecular complexity index is 576. The number of likely N-dealkylation sites (tertiary alicyclic amines) is 1. The van der Waals surface area contributed by atoms with Crippen molar-refractivity contribution >= 4 is 11.6 Å². The molecule has 4 heteroatoms. The zero-order valence-electron chi connectivity index (χ0n) is 13.0. The van der Waals surface area contributed by atoms with Gasteiger partial charge in [0.2, 0.25) is 0 Å². The standard InChI is InChI=1S/C18H23N3O/c19-12-15-7-1-3-9-16(15)20-18(22)13-21-11-5-8-14-6-2-4-10-17(14)21/h1,3,7,9,14,17H,2,4-6,8,10-11,13H2,(H,20,22)/p+1/t14-,17+/m1/s1. The molecule has 0 bridgehead atoms. The fourth-order valence-electron chi connectivity index (χ4n) is 4.18. The predicted molar refractivity (Wildman–Crippen MR) is 85.5 cm³/mol. The van der Waals surface area contributed by atoms with Crippen LogP contribution < -0.4 is 10.2 Å². The third-order valence-corrected chi connectivity index (χ3v) is 5.22. The van der Waals surface area contributed by atoms with E-state index in [1.807, 2.05) is 12.1 Å². The summed E-state index contributed by atoms with van der Waals surface area (Å²) < 4.78 is 0. The number of hydrogen-bond acceptors (Lipinski definition) is 2. The van der Waals surface area contributed by atoms with Crippen LogP contribution in [0.25, 0.3) is 0 Å². The number of amides is 1. The highest BCUT2D eigenvalue weighted by Crippen LogP contribution is 2.28. The molecule has 1 aliphatic heterocycles. The van der Waals surface area contributed by atoms with Crippen molar-refractivity contribution in [2.24, 2.45) is 5.92 Å². The van der Waals surface area contributed by atoms with E-state index in [2.05, 4.69) is 11.4 Å². The van der Waals surface area contributed by atoms with E-state index in [1.54, 1.807) is 12.1 Å². The largest absolute Gasteiger partial charge is 0.324 e. The highest BCUT2D eigenvalue weighted by Gasteiger charge is 2.37. The minimum atomic E-state index is 0.0314. The first-order valence-electron chi connectivity index (χ1n) is 8.41. The molecule has 0 spiro atoms. The SMILES string of the molecule is N#Cc1ccccc1NC(=O)C[NH+]1CCC[C@H]2CCCC[C@@H]21. The average molecular weight is 298 g/mol. The minimum absolute atomic E-state index is 0.0314. The monoisotopic (exact) mass is 298 g/mol. The van der Waals surface area contributed by atoms with Gasteiger partial charge in [-0.2, -0.15) is 5.26 Å². The van der Waals surface area contributed by atoms with Gasteiger partial charge in [-0.25, -0.2) is 0 Å². The second-order valence-corrected chi connectivity index (χ2v) is 6.58. The van der Waals surface area contributed by atoms with Crippen molar-refractivity contribution < 1.29 is 9.69 Å². The molecule has 2 fully saturated rings. The summed E-state index contributed by atoms with van der Waals surface area (Å²) in [6, 6.07) is 9.99. The first kappa shape index (κ1) is 15.1. The summed E-state index contributed by atoms with van der Waals surface area (Å²) >= 11 is 0. The maximum Gasteiger partial charge on any atom is 0.279 e. The first-order chi connectivity index (χ1) is 10.8. The van der Waals surface area contributed by atoms with Gasteiger partial charge in [-0.3, -0.25) is 4.79 Å². The minimum Gasteiger partial charge on any atom is -0.324 e. The zero-order chi connectivity index (χ0) is 15.4. The highest BCUT2D eigenvalue weighted by atomic mass is 16.2. The van der Waals surface area contributed by atoms with Crippen LogP contribution in [-0.2, 0) is 4.79 Å². The lowest BCUT2D eigenvalue weighted by Crippen LogP contribution is -3.18. The lowest BCUT2D eigenvalue weighted by atomic mass is 9.78. The van der Waals surface area contributed by atoms with Gasteiger partial charge in [0.1, 0.15) is 6.07 Å². The Morgan fingerprint density at radius 2 is 2.00 bits per heavy atom. The number of nitriles is 1. The second-order valence-electron chi connectivity index (χ2n) is 6.58. The molecule has 1 aromatic carbocycles. The fraction of sp³-hybridized carbons (Fsp3) is 0.556. The highest BCUT2D eigenvalue weighted by molar-refractivity contribution is 5.92. The lowest BCUT2D eigenvalue weighted by Gasteiger charge is -2.40. The van der Waals surface area contributed by atoms with E-state index >= 15 is 0 Å². The van der Waals surface area contributed by atoms with Crippen molar-refractivity contribution in [3.8, 4) is 6.07 Å². The van der Waals surface area contributed by atoms with Crippen LogP contribution in [0.4, 0.5) is 5.69 Å². The molecule has 3 atom stereocenters. The Morgan fingerprint density at radius 1 is 1.23 bits per heavy atom. The van der Waals surface area contributed by atoms with Crippen molar-refractivity contribution in [3.63, 3.8) is 0 Å². The van der Waals surface area contributed by atoms with Crippen LogP contribution in [0.2, 0.25) is 0 Å². The predicted octanol–water partition coefficient (Wildman–Crippen LogP) is 1.73. The number of fused-ring (bicyclic) bond motifs is 1. The molecule has 1 saturated carbocycles. The molecular weight excluding hydrogens is 274 g/mol. The number of benzene rings is 1. The summed E-state index contributed by atoms with van der Waals surface area (Å²) in [6.07, 6.45) is 7.85. The van der Waals surface area contributed by atoms with Crippen molar-refractivity contribution in [1.29, 1.82) is 5.26 Å². The normalized spacial score (nSPS) is 27.5. The molecule has 0 radical (unpaired) electrons. The Hall–Kier alpha value is -1.86. The van der Waals surface area contributed by atoms with Crippen LogP contribution in [0.1, 0.15) is 44.1 Å². The lowest BCUT2D eigenvalue weighted by molar-refractivity contribution is -0.928. The van der Waals surface area contributed by atoms with E-state index in [9.17, 15) is 4.79 Å². The number of carbonyl (C=O) groups excluding carboxylic acids is 1. The summed E-state index contributed by atoms with van der Waals surface area (Å²) in [4.78, 5) is 13.8. The molecule has 0 aromatic heterocycles. The number of rotatable bonds is 3. The van der Waals surface area contributed by atoms with Gasteiger partial charge in [0.15, 0.2) is 6.54 Å². The van der Waals surface area contributed by atoms with Crippen LogP contribution in [-0.4, -0.2) is 25.0 Å². The molecule has 3 rings (SSSR count). The number of hydrogen-bond donors (Lipinski definition) is 2. The zero-order valence-corrected chi connectivity index (χ0v) is 13.0. The van der Waals surface area contributed by atoms with E-state index in [0.717, 1.165) is 12.5 Å². The molecule has 1 saturated heterocycles. The number of quaternary nitrogens is 1. The summed E-state index contributed by atoms with van der Waals surface area (Å²) in [5.74, 6) is 0.848. The number of para-hydroxylation sites is 1. The second kappa shape index (κ2) is 6.93. The number of anilines is 1. The van der Waals surface area contributed by atoms with E-state index < -0.39 is 0 Å². The first-order valence-corrected chi connectivity index (χ1v) is 8.41. The third-order valence-electron chi connectivity index (χ3n) is 5.22. The molecule has 116 valence electrons. The van der Waals surface area contributed by atoms with Gasteiger partial charge < -0.3 is 10.2 Å². The smallest absolute Gasteiger partial charge is 0.279 e. The van der Waals surface area contributed by atoms with Crippen molar-refractivity contribution in [3.05, 3.63) is 29.8 Å². The molecule has 22 heavy (non-hydrogen) atoms. The van der Waals surface area contributed by atoms with Crippen LogP contribution in [0.15, 0.2) is 24.3 Å². The van der Waals surface area contributed by atoms with Crippen molar-refractivity contribution in [2.45, 2.75) is 44.6 Å². The summed E-state index contributed by atoms with van der Waals surface area (Å²) in [5, 5.41) is 12.0. The Labute approximate surface area is 132 Å².